The Bertz CT molecular complexity index is 1420. The average Bonchev–Trinajstić information content (AvgIpc) is 2.94. The molecule has 3 aromatic carbocycles. The number of rotatable bonds is 13. The minimum atomic E-state index is -4.13. The number of benzene rings is 3. The number of nitrogens with zero attached hydrogens (tertiary/aromatic N) is 2. The third kappa shape index (κ3) is 8.33. The zero-order valence-corrected chi connectivity index (χ0v) is 25.6. The summed E-state index contributed by atoms with van der Waals surface area (Å²) in [5.74, 6) is 0.0352. The van der Waals surface area contributed by atoms with Gasteiger partial charge in [0, 0.05) is 13.1 Å². The predicted molar refractivity (Wildman–Crippen MR) is 162 cm³/mol. The maximum absolute atomic E-state index is 14.0. The van der Waals surface area contributed by atoms with E-state index in [-0.39, 0.29) is 23.3 Å². The van der Waals surface area contributed by atoms with E-state index in [1.54, 1.807) is 43.3 Å². The van der Waals surface area contributed by atoms with E-state index in [1.165, 1.54) is 17.0 Å². The Morgan fingerprint density at radius 2 is 1.54 bits per heavy atom. The van der Waals surface area contributed by atoms with Gasteiger partial charge in [-0.05, 0) is 81.1 Å². The van der Waals surface area contributed by atoms with E-state index in [0.717, 1.165) is 21.0 Å². The lowest BCUT2D eigenvalue weighted by Crippen LogP contribution is -2.51. The topological polar surface area (TPSA) is 96.0 Å². The fraction of sp³-hybridized carbons (Fsp3) is 0.375. The summed E-state index contributed by atoms with van der Waals surface area (Å²) >= 11 is 0. The fourth-order valence-electron chi connectivity index (χ4n) is 4.25. The van der Waals surface area contributed by atoms with Crippen molar-refractivity contribution in [3.63, 3.8) is 0 Å². The average molecular weight is 580 g/mol. The Balaban J connectivity index is 2.03. The molecule has 1 atom stereocenters. The second kappa shape index (κ2) is 14.2. The lowest BCUT2D eigenvalue weighted by atomic mass is 10.1. The lowest BCUT2D eigenvalue weighted by molar-refractivity contribution is -0.139. The second-order valence-electron chi connectivity index (χ2n) is 10.5. The molecule has 0 aliphatic carbocycles. The molecule has 9 heteroatoms. The molecule has 0 aliphatic rings. The Morgan fingerprint density at radius 3 is 2.12 bits per heavy atom. The highest BCUT2D eigenvalue weighted by Gasteiger charge is 2.32. The first-order chi connectivity index (χ1) is 19.4. The van der Waals surface area contributed by atoms with Crippen molar-refractivity contribution in [3.05, 3.63) is 89.5 Å². The van der Waals surface area contributed by atoms with Crippen LogP contribution >= 0.6 is 0 Å². The van der Waals surface area contributed by atoms with Gasteiger partial charge >= 0.3 is 0 Å². The number of nitrogens with one attached hydrogen (secondary N) is 1. The van der Waals surface area contributed by atoms with Gasteiger partial charge in [0.25, 0.3) is 10.0 Å². The maximum Gasteiger partial charge on any atom is 0.264 e. The summed E-state index contributed by atoms with van der Waals surface area (Å²) in [6, 6.07) is 19.9. The lowest BCUT2D eigenvalue weighted by Gasteiger charge is -2.32. The second-order valence-corrected chi connectivity index (χ2v) is 12.4. The molecule has 1 N–H and O–H groups in total. The normalized spacial score (nSPS) is 12.1. The third-order valence-electron chi connectivity index (χ3n) is 6.78. The summed E-state index contributed by atoms with van der Waals surface area (Å²) in [5, 5.41) is 2.90. The first kappa shape index (κ1) is 31.7. The molecule has 3 aromatic rings. The van der Waals surface area contributed by atoms with E-state index < -0.39 is 28.5 Å². The molecular weight excluding hydrogens is 538 g/mol. The van der Waals surface area contributed by atoms with Crippen molar-refractivity contribution in [2.45, 2.75) is 59.0 Å². The van der Waals surface area contributed by atoms with Crippen molar-refractivity contribution in [3.8, 4) is 5.75 Å². The van der Waals surface area contributed by atoms with Crippen LogP contribution in [0.25, 0.3) is 0 Å². The molecule has 3 rings (SSSR count). The number of amides is 2. The van der Waals surface area contributed by atoms with E-state index in [9.17, 15) is 18.0 Å². The van der Waals surface area contributed by atoms with Crippen LogP contribution in [0.2, 0.25) is 0 Å². The molecule has 0 spiro atoms. The van der Waals surface area contributed by atoms with Crippen molar-refractivity contribution in [2.24, 2.45) is 5.92 Å². The number of hydrogen-bond acceptors (Lipinski definition) is 5. The van der Waals surface area contributed by atoms with Crippen LogP contribution < -0.4 is 14.4 Å². The van der Waals surface area contributed by atoms with E-state index in [2.05, 4.69) is 5.32 Å². The van der Waals surface area contributed by atoms with Crippen molar-refractivity contribution >= 4 is 27.5 Å². The first-order valence-corrected chi connectivity index (χ1v) is 15.3. The van der Waals surface area contributed by atoms with Crippen molar-refractivity contribution in [1.82, 2.24) is 10.2 Å². The Morgan fingerprint density at radius 1 is 0.902 bits per heavy atom. The van der Waals surface area contributed by atoms with Crippen LogP contribution in [0.15, 0.2) is 77.7 Å². The van der Waals surface area contributed by atoms with Gasteiger partial charge in [-0.3, -0.25) is 13.9 Å². The molecular formula is C32H41N3O5S. The summed E-state index contributed by atoms with van der Waals surface area (Å²) in [4.78, 5) is 28.7. The van der Waals surface area contributed by atoms with Crippen molar-refractivity contribution in [2.75, 3.05) is 24.0 Å². The summed E-state index contributed by atoms with van der Waals surface area (Å²) in [6.45, 7) is 11.9. The first-order valence-electron chi connectivity index (χ1n) is 13.9. The molecule has 0 heterocycles. The molecule has 2 amide bonds. The quantitative estimate of drug-likeness (QED) is 0.305. The van der Waals surface area contributed by atoms with E-state index in [0.29, 0.717) is 24.6 Å². The van der Waals surface area contributed by atoms with Crippen molar-refractivity contribution < 1.29 is 22.7 Å². The van der Waals surface area contributed by atoms with E-state index >= 15 is 0 Å². The number of hydrogen-bond donors (Lipinski definition) is 1. The molecule has 0 unspecified atom stereocenters. The smallest absolute Gasteiger partial charge is 0.264 e. The van der Waals surface area contributed by atoms with Gasteiger partial charge in [0.15, 0.2) is 0 Å². The maximum atomic E-state index is 14.0. The number of sulfonamides is 1. The van der Waals surface area contributed by atoms with Gasteiger partial charge in [0.05, 0.1) is 17.2 Å². The van der Waals surface area contributed by atoms with Gasteiger partial charge in [-0.2, -0.15) is 0 Å². The van der Waals surface area contributed by atoms with Gasteiger partial charge in [-0.15, -0.1) is 0 Å². The highest BCUT2D eigenvalue weighted by atomic mass is 32.2. The van der Waals surface area contributed by atoms with Crippen LogP contribution in [0.1, 0.15) is 44.4 Å². The van der Waals surface area contributed by atoms with Gasteiger partial charge in [-0.1, -0.05) is 55.8 Å². The number of anilines is 1. The standard InChI is InChI=1S/C32H41N3O5S/c1-7-40-29-16-14-28(15-17-29)35(41(38,39)30-18-12-24(4)13-19-30)22-31(36)34(21-27-11-9-8-10-25(27)5)26(6)32(37)33-20-23(2)3/h8-19,23,26H,7,20-22H2,1-6H3,(H,33,37)/t26-/m0/s1. The zero-order valence-electron chi connectivity index (χ0n) is 24.8. The van der Waals surface area contributed by atoms with E-state index in [4.69, 9.17) is 4.74 Å². The molecule has 0 fully saturated rings. The number of aryl methyl sites for hydroxylation is 2. The molecule has 8 nitrogen and oxygen atoms in total. The molecule has 0 aliphatic heterocycles. The van der Waals surface area contributed by atoms with Crippen LogP contribution in [0.4, 0.5) is 5.69 Å². The highest BCUT2D eigenvalue weighted by Crippen LogP contribution is 2.27. The van der Waals surface area contributed by atoms with Crippen LogP contribution in [0, 0.1) is 19.8 Å². The van der Waals surface area contributed by atoms with Gasteiger partial charge in [-0.25, -0.2) is 8.42 Å². The molecule has 0 radical (unpaired) electrons. The molecule has 220 valence electrons. The number of ether oxygens (including phenoxy) is 1. The monoisotopic (exact) mass is 579 g/mol. The fourth-order valence-corrected chi connectivity index (χ4v) is 5.66. The van der Waals surface area contributed by atoms with Crippen LogP contribution in [-0.2, 0) is 26.2 Å². The summed E-state index contributed by atoms with van der Waals surface area (Å²) in [5.41, 5.74) is 3.07. The van der Waals surface area contributed by atoms with Crippen molar-refractivity contribution in [1.29, 1.82) is 0 Å². The van der Waals surface area contributed by atoms with Crippen LogP contribution in [0.3, 0.4) is 0 Å². The zero-order chi connectivity index (χ0) is 30.2. The third-order valence-corrected chi connectivity index (χ3v) is 8.57. The number of carbonyl (C=O) groups excluding carboxylic acids is 2. The number of carbonyl (C=O) groups is 2. The SMILES string of the molecule is CCOc1ccc(N(CC(=O)N(Cc2ccccc2C)[C@@H](C)C(=O)NCC(C)C)S(=O)(=O)c2ccc(C)cc2)cc1. The molecule has 0 bridgehead atoms. The molecule has 41 heavy (non-hydrogen) atoms. The van der Waals surface area contributed by atoms with Gasteiger partial charge in [0.1, 0.15) is 18.3 Å². The predicted octanol–water partition coefficient (Wildman–Crippen LogP) is 5.09. The molecule has 0 saturated carbocycles. The molecule has 0 saturated heterocycles. The Labute approximate surface area is 244 Å². The Kier molecular flexibility index (Phi) is 10.9. The van der Waals surface area contributed by atoms with Crippen LogP contribution in [0.5, 0.6) is 5.75 Å². The molecule has 0 aromatic heterocycles. The minimum Gasteiger partial charge on any atom is -0.494 e. The Hall–Kier alpha value is -3.85. The van der Waals surface area contributed by atoms with Gasteiger partial charge < -0.3 is 15.0 Å². The highest BCUT2D eigenvalue weighted by molar-refractivity contribution is 7.92. The summed E-state index contributed by atoms with van der Waals surface area (Å²) in [6.07, 6.45) is 0. The van der Waals surface area contributed by atoms with Gasteiger partial charge in [0.2, 0.25) is 11.8 Å². The summed E-state index contributed by atoms with van der Waals surface area (Å²) in [7, 11) is -4.13. The summed E-state index contributed by atoms with van der Waals surface area (Å²) < 4.78 is 34.5. The minimum absolute atomic E-state index is 0.0676. The van der Waals surface area contributed by atoms with Crippen LogP contribution in [-0.4, -0.2) is 50.9 Å². The largest absolute Gasteiger partial charge is 0.494 e. The van der Waals surface area contributed by atoms with E-state index in [1.807, 2.05) is 58.9 Å².